The van der Waals surface area contributed by atoms with E-state index in [1.165, 1.54) is 6.07 Å². The first-order valence-corrected chi connectivity index (χ1v) is 6.37. The van der Waals surface area contributed by atoms with Crippen LogP contribution in [-0.4, -0.2) is 16.3 Å². The first-order valence-electron chi connectivity index (χ1n) is 5.11. The van der Waals surface area contributed by atoms with E-state index in [0.717, 1.165) is 4.90 Å². The van der Waals surface area contributed by atoms with Crippen molar-refractivity contribution in [1.29, 1.82) is 0 Å². The van der Waals surface area contributed by atoms with Gasteiger partial charge in [0.2, 0.25) is 0 Å². The van der Waals surface area contributed by atoms with Gasteiger partial charge in [-0.05, 0) is 24.1 Å². The summed E-state index contributed by atoms with van der Waals surface area (Å²) in [5.41, 5.74) is 0.282. The van der Waals surface area contributed by atoms with Gasteiger partial charge in [-0.3, -0.25) is 0 Å². The predicted octanol–water partition coefficient (Wildman–Crippen LogP) is 4.17. The molecule has 0 aliphatic carbocycles. The molecule has 0 saturated carbocycles. The van der Waals surface area contributed by atoms with E-state index in [4.69, 9.17) is 16.7 Å². The molecule has 0 amide bonds. The van der Waals surface area contributed by atoms with Gasteiger partial charge in [0.15, 0.2) is 0 Å². The van der Waals surface area contributed by atoms with Crippen molar-refractivity contribution in [3.63, 3.8) is 0 Å². The third-order valence-electron chi connectivity index (χ3n) is 2.42. The number of carboxylic acids is 1. The Balaban J connectivity index is 2.99. The number of hydrogen-bond acceptors (Lipinski definition) is 2. The van der Waals surface area contributed by atoms with Crippen LogP contribution in [0.2, 0.25) is 5.02 Å². The average molecular weight is 259 g/mol. The summed E-state index contributed by atoms with van der Waals surface area (Å²) >= 11 is 7.36. The van der Waals surface area contributed by atoms with Crippen LogP contribution in [0.3, 0.4) is 0 Å². The molecule has 0 fully saturated rings. The zero-order valence-electron chi connectivity index (χ0n) is 9.53. The maximum atomic E-state index is 11.1. The Morgan fingerprint density at radius 1 is 1.38 bits per heavy atom. The molecule has 2 nitrogen and oxygen atoms in total. The molecule has 0 saturated heterocycles. The lowest BCUT2D eigenvalue weighted by Crippen LogP contribution is -2.07. The first-order chi connectivity index (χ1) is 7.41. The number of benzene rings is 1. The van der Waals surface area contributed by atoms with Gasteiger partial charge in [0.25, 0.3) is 0 Å². The summed E-state index contributed by atoms with van der Waals surface area (Å²) in [6.45, 7) is 6.33. The molecule has 1 aromatic rings. The molecule has 0 aliphatic rings. The Kier molecular flexibility index (Phi) is 4.69. The van der Waals surface area contributed by atoms with Gasteiger partial charge < -0.3 is 5.11 Å². The first kappa shape index (κ1) is 13.4. The van der Waals surface area contributed by atoms with Crippen LogP contribution in [0.4, 0.5) is 0 Å². The van der Waals surface area contributed by atoms with Gasteiger partial charge in [-0.2, -0.15) is 0 Å². The molecular weight excluding hydrogens is 244 g/mol. The van der Waals surface area contributed by atoms with E-state index in [2.05, 4.69) is 20.8 Å². The fourth-order valence-electron chi connectivity index (χ4n) is 1.11. The topological polar surface area (TPSA) is 37.3 Å². The van der Waals surface area contributed by atoms with Crippen molar-refractivity contribution < 1.29 is 9.90 Å². The van der Waals surface area contributed by atoms with Crippen molar-refractivity contribution in [2.45, 2.75) is 30.9 Å². The molecule has 4 heteroatoms. The number of thioether (sulfide) groups is 1. The molecule has 0 aliphatic heterocycles. The normalized spacial score (nSPS) is 12.8. The maximum absolute atomic E-state index is 11.1. The van der Waals surface area contributed by atoms with E-state index < -0.39 is 5.97 Å². The second-order valence-electron chi connectivity index (χ2n) is 4.01. The van der Waals surface area contributed by atoms with Gasteiger partial charge in [-0.1, -0.05) is 32.4 Å². The average Bonchev–Trinajstić information content (AvgIpc) is 2.20. The van der Waals surface area contributed by atoms with Crippen LogP contribution in [0.5, 0.6) is 0 Å². The van der Waals surface area contributed by atoms with Gasteiger partial charge >= 0.3 is 5.97 Å². The quantitative estimate of drug-likeness (QED) is 0.824. The number of halogens is 1. The van der Waals surface area contributed by atoms with Crippen LogP contribution in [-0.2, 0) is 0 Å². The Hall–Kier alpha value is -0.670. The van der Waals surface area contributed by atoms with Crippen molar-refractivity contribution in [2.24, 2.45) is 5.92 Å². The summed E-state index contributed by atoms with van der Waals surface area (Å²) in [4.78, 5) is 11.8. The van der Waals surface area contributed by atoms with E-state index >= 15 is 0 Å². The molecule has 16 heavy (non-hydrogen) atoms. The van der Waals surface area contributed by atoms with Crippen LogP contribution in [0, 0.1) is 5.92 Å². The number of aromatic carboxylic acids is 1. The molecular formula is C12H15ClO2S. The van der Waals surface area contributed by atoms with Crippen molar-refractivity contribution in [3.05, 3.63) is 28.8 Å². The second kappa shape index (κ2) is 5.60. The third-order valence-corrected chi connectivity index (χ3v) is 4.18. The molecule has 1 unspecified atom stereocenters. The molecule has 0 radical (unpaired) electrons. The van der Waals surface area contributed by atoms with Crippen LogP contribution in [0.25, 0.3) is 0 Å². The lowest BCUT2D eigenvalue weighted by Gasteiger charge is -2.16. The zero-order chi connectivity index (χ0) is 12.3. The van der Waals surface area contributed by atoms with Crippen molar-refractivity contribution >= 4 is 29.3 Å². The van der Waals surface area contributed by atoms with Gasteiger partial charge in [0.1, 0.15) is 0 Å². The molecule has 1 atom stereocenters. The van der Waals surface area contributed by atoms with Crippen molar-refractivity contribution in [1.82, 2.24) is 0 Å². The Morgan fingerprint density at radius 2 is 2.00 bits per heavy atom. The smallest absolute Gasteiger partial charge is 0.336 e. The molecule has 1 rings (SSSR count). The summed E-state index contributed by atoms with van der Waals surface area (Å²) in [6, 6.07) is 5.00. The summed E-state index contributed by atoms with van der Waals surface area (Å²) in [5.74, 6) is -0.428. The van der Waals surface area contributed by atoms with Crippen LogP contribution >= 0.6 is 23.4 Å². The highest BCUT2D eigenvalue weighted by Crippen LogP contribution is 2.31. The van der Waals surface area contributed by atoms with Crippen LogP contribution in [0.1, 0.15) is 31.1 Å². The molecule has 0 bridgehead atoms. The second-order valence-corrected chi connectivity index (χ2v) is 5.87. The molecule has 0 aromatic heterocycles. The fraction of sp³-hybridized carbons (Fsp3) is 0.417. The van der Waals surface area contributed by atoms with E-state index in [1.54, 1.807) is 23.9 Å². The molecule has 0 spiro atoms. The van der Waals surface area contributed by atoms with Gasteiger partial charge in [-0.25, -0.2) is 4.79 Å². The summed E-state index contributed by atoms with van der Waals surface area (Å²) < 4.78 is 0. The number of carboxylic acid groups (broad SMARTS) is 1. The highest BCUT2D eigenvalue weighted by molar-refractivity contribution is 8.00. The largest absolute Gasteiger partial charge is 0.478 e. The number of rotatable bonds is 4. The van der Waals surface area contributed by atoms with E-state index in [9.17, 15) is 4.79 Å². The van der Waals surface area contributed by atoms with Crippen LogP contribution in [0.15, 0.2) is 23.1 Å². The lowest BCUT2D eigenvalue weighted by molar-refractivity contribution is 0.0693. The minimum atomic E-state index is -0.930. The zero-order valence-corrected chi connectivity index (χ0v) is 11.1. The monoisotopic (exact) mass is 258 g/mol. The summed E-state index contributed by atoms with van der Waals surface area (Å²) in [7, 11) is 0. The maximum Gasteiger partial charge on any atom is 0.336 e. The fourth-order valence-corrected chi connectivity index (χ4v) is 2.37. The lowest BCUT2D eigenvalue weighted by atomic mass is 10.2. The van der Waals surface area contributed by atoms with Gasteiger partial charge in [0.05, 0.1) is 5.56 Å². The summed E-state index contributed by atoms with van der Waals surface area (Å²) in [5, 5.41) is 9.90. The Bertz CT molecular complexity index is 391. The molecule has 0 heterocycles. The van der Waals surface area contributed by atoms with Crippen molar-refractivity contribution in [3.8, 4) is 0 Å². The Labute approximate surface area is 105 Å². The predicted molar refractivity (Wildman–Crippen MR) is 68.6 cm³/mol. The highest BCUT2D eigenvalue weighted by Gasteiger charge is 2.15. The van der Waals surface area contributed by atoms with Gasteiger partial charge in [-0.15, -0.1) is 11.8 Å². The third kappa shape index (κ3) is 3.42. The molecule has 88 valence electrons. The van der Waals surface area contributed by atoms with E-state index in [0.29, 0.717) is 16.2 Å². The van der Waals surface area contributed by atoms with Crippen LogP contribution < -0.4 is 0 Å². The minimum Gasteiger partial charge on any atom is -0.478 e. The molecule has 1 aromatic carbocycles. The van der Waals surface area contributed by atoms with E-state index in [1.807, 2.05) is 0 Å². The summed E-state index contributed by atoms with van der Waals surface area (Å²) in [6.07, 6.45) is 0. The molecule has 1 N–H and O–H groups in total. The Morgan fingerprint density at radius 3 is 2.50 bits per heavy atom. The number of hydrogen-bond donors (Lipinski definition) is 1. The SMILES string of the molecule is CC(C)C(C)Sc1ccc(Cl)cc1C(=O)O. The number of carbonyl (C=O) groups is 1. The standard InChI is InChI=1S/C12H15ClO2S/c1-7(2)8(3)16-11-5-4-9(13)6-10(11)12(14)15/h4-8H,1-3H3,(H,14,15). The van der Waals surface area contributed by atoms with E-state index in [-0.39, 0.29) is 5.56 Å². The van der Waals surface area contributed by atoms with Crippen molar-refractivity contribution in [2.75, 3.05) is 0 Å². The van der Waals surface area contributed by atoms with Gasteiger partial charge in [0, 0.05) is 15.2 Å². The minimum absolute atomic E-state index is 0.282. The highest BCUT2D eigenvalue weighted by atomic mass is 35.5.